The Labute approximate surface area is 198 Å². The molecule has 4 aromatic rings. The zero-order valence-corrected chi connectivity index (χ0v) is 19.2. The minimum Gasteiger partial charge on any atom is -0.452 e. The van der Waals surface area contributed by atoms with Crippen molar-refractivity contribution >= 4 is 44.9 Å². The number of ether oxygens (including phenoxy) is 1. The van der Waals surface area contributed by atoms with E-state index in [9.17, 15) is 19.7 Å². The fourth-order valence-electron chi connectivity index (χ4n) is 3.54. The Morgan fingerprint density at radius 2 is 1.85 bits per heavy atom. The predicted octanol–water partition coefficient (Wildman–Crippen LogP) is 4.93. The van der Waals surface area contributed by atoms with E-state index in [1.165, 1.54) is 23.5 Å². The highest BCUT2D eigenvalue weighted by Crippen LogP contribution is 2.27. The molecular weight excluding hydrogens is 456 g/mol. The van der Waals surface area contributed by atoms with Crippen molar-refractivity contribution in [1.82, 2.24) is 9.97 Å². The topological polar surface area (TPSA) is 124 Å². The van der Waals surface area contributed by atoms with Gasteiger partial charge in [-0.05, 0) is 37.1 Å². The first kappa shape index (κ1) is 23.0. The molecule has 0 bridgehead atoms. The fraction of sp³-hybridized carbons (Fsp3) is 0.167. The molecule has 2 aromatic carbocycles. The minimum absolute atomic E-state index is 0.0161. The molecule has 0 spiro atoms. The summed E-state index contributed by atoms with van der Waals surface area (Å²) in [6, 6.07) is 13.3. The molecule has 0 saturated carbocycles. The second kappa shape index (κ2) is 9.75. The maximum Gasteiger partial charge on any atom is 0.339 e. The number of nitrogens with zero attached hydrogens (tertiary/aromatic N) is 3. The highest BCUT2D eigenvalue weighted by molar-refractivity contribution is 7.14. The molecule has 0 aliphatic carbocycles. The maximum atomic E-state index is 12.9. The van der Waals surface area contributed by atoms with Gasteiger partial charge in [-0.3, -0.25) is 25.2 Å². The lowest BCUT2D eigenvalue weighted by atomic mass is 10.0. The molecule has 0 atom stereocenters. The molecule has 0 saturated heterocycles. The number of pyridine rings is 1. The number of hydrogen-bond acceptors (Lipinski definition) is 8. The second-order valence-corrected chi connectivity index (χ2v) is 8.25. The number of nitro benzene ring substituents is 1. The molecule has 0 aliphatic heterocycles. The summed E-state index contributed by atoms with van der Waals surface area (Å²) in [6.07, 6.45) is 0.665. The van der Waals surface area contributed by atoms with E-state index < -0.39 is 23.4 Å². The average Bonchev–Trinajstić information content (AvgIpc) is 3.30. The average molecular weight is 477 g/mol. The van der Waals surface area contributed by atoms with E-state index >= 15 is 0 Å². The molecule has 0 fully saturated rings. The smallest absolute Gasteiger partial charge is 0.339 e. The summed E-state index contributed by atoms with van der Waals surface area (Å²) in [5.41, 5.74) is 3.88. The Hall–Kier alpha value is -4.18. The summed E-state index contributed by atoms with van der Waals surface area (Å²) in [5, 5.41) is 16.1. The summed E-state index contributed by atoms with van der Waals surface area (Å²) in [7, 11) is 0. The molecule has 1 N–H and O–H groups in total. The van der Waals surface area contributed by atoms with Crippen molar-refractivity contribution < 1.29 is 19.2 Å². The number of carbonyl (C=O) groups is 2. The summed E-state index contributed by atoms with van der Waals surface area (Å²) < 4.78 is 5.31. The van der Waals surface area contributed by atoms with E-state index in [0.717, 1.165) is 11.3 Å². The van der Waals surface area contributed by atoms with Gasteiger partial charge in [-0.25, -0.2) is 9.78 Å². The van der Waals surface area contributed by atoms with Gasteiger partial charge in [0.05, 0.1) is 21.7 Å². The first-order valence-corrected chi connectivity index (χ1v) is 11.3. The zero-order valence-electron chi connectivity index (χ0n) is 18.4. The Balaban J connectivity index is 1.43. The van der Waals surface area contributed by atoms with Gasteiger partial charge in [0.2, 0.25) is 0 Å². The van der Waals surface area contributed by atoms with Crippen LogP contribution in [0.5, 0.6) is 0 Å². The van der Waals surface area contributed by atoms with Crippen LogP contribution in [0.1, 0.15) is 28.5 Å². The molecule has 172 valence electrons. The molecule has 9 nitrogen and oxygen atoms in total. The molecule has 2 heterocycles. The van der Waals surface area contributed by atoms with Crippen LogP contribution in [0.3, 0.4) is 0 Å². The lowest BCUT2D eigenvalue weighted by molar-refractivity contribution is -0.384. The van der Waals surface area contributed by atoms with Gasteiger partial charge in [-0.2, -0.15) is 0 Å². The molecule has 1 amide bonds. The number of non-ortho nitro benzene ring substituents is 1. The number of fused-ring (bicyclic) bond motifs is 1. The Bertz CT molecular complexity index is 1400. The first-order valence-electron chi connectivity index (χ1n) is 10.4. The van der Waals surface area contributed by atoms with Crippen molar-refractivity contribution in [2.24, 2.45) is 0 Å². The number of rotatable bonds is 7. The quantitative estimate of drug-likeness (QED) is 0.228. The van der Waals surface area contributed by atoms with Gasteiger partial charge in [-0.15, -0.1) is 11.3 Å². The van der Waals surface area contributed by atoms with Crippen LogP contribution in [0, 0.1) is 17.0 Å². The number of thiazole rings is 1. The number of amides is 1. The van der Waals surface area contributed by atoms with Crippen LogP contribution in [0.2, 0.25) is 0 Å². The van der Waals surface area contributed by atoms with Crippen molar-refractivity contribution in [3.8, 4) is 11.3 Å². The molecule has 34 heavy (non-hydrogen) atoms. The maximum absolute atomic E-state index is 12.9. The number of carbonyl (C=O) groups excluding carboxylic acids is 2. The Morgan fingerprint density at radius 1 is 1.12 bits per heavy atom. The van der Waals surface area contributed by atoms with Gasteiger partial charge in [0, 0.05) is 34.2 Å². The highest BCUT2D eigenvalue weighted by atomic mass is 32.1. The van der Waals surface area contributed by atoms with Crippen LogP contribution in [0.4, 0.5) is 10.8 Å². The zero-order chi connectivity index (χ0) is 24.2. The largest absolute Gasteiger partial charge is 0.452 e. The molecule has 10 heteroatoms. The lowest BCUT2D eigenvalue weighted by Gasteiger charge is -2.13. The monoisotopic (exact) mass is 476 g/mol. The van der Waals surface area contributed by atoms with Crippen molar-refractivity contribution in [2.45, 2.75) is 20.3 Å². The highest BCUT2D eigenvalue weighted by Gasteiger charge is 2.20. The van der Waals surface area contributed by atoms with Gasteiger partial charge in [0.1, 0.15) is 0 Å². The number of hydrogen-bond donors (Lipinski definition) is 1. The Morgan fingerprint density at radius 3 is 2.56 bits per heavy atom. The van der Waals surface area contributed by atoms with Crippen molar-refractivity contribution in [1.29, 1.82) is 0 Å². The minimum atomic E-state index is -0.591. The standard InChI is InChI=1S/C24H20N4O5S/c1-3-18-14(2)22(17-6-4-5-7-19(17)25-18)23(30)33-12-21(29)27-24-26-20(13-34-24)15-8-10-16(11-9-15)28(31)32/h4-11,13H,3,12H2,1-2H3,(H,26,27,29). The van der Waals surface area contributed by atoms with E-state index in [0.29, 0.717) is 39.3 Å². The normalized spacial score (nSPS) is 10.8. The van der Waals surface area contributed by atoms with Gasteiger partial charge in [-0.1, -0.05) is 25.1 Å². The van der Waals surface area contributed by atoms with Gasteiger partial charge in [0.15, 0.2) is 11.7 Å². The molecule has 0 radical (unpaired) electrons. The van der Waals surface area contributed by atoms with E-state index in [1.807, 2.05) is 32.0 Å². The first-order chi connectivity index (χ1) is 16.4. The number of esters is 1. The predicted molar refractivity (Wildman–Crippen MR) is 129 cm³/mol. The van der Waals surface area contributed by atoms with Crippen molar-refractivity contribution in [3.05, 3.63) is 80.8 Å². The third kappa shape index (κ3) is 4.76. The van der Waals surface area contributed by atoms with Crippen LogP contribution in [-0.2, 0) is 16.0 Å². The number of aryl methyl sites for hydroxylation is 1. The van der Waals surface area contributed by atoms with Gasteiger partial charge >= 0.3 is 5.97 Å². The summed E-state index contributed by atoms with van der Waals surface area (Å²) in [6.45, 7) is 3.32. The Kier molecular flexibility index (Phi) is 6.60. The van der Waals surface area contributed by atoms with E-state index in [4.69, 9.17) is 4.74 Å². The number of aromatic nitrogens is 2. The van der Waals surface area contributed by atoms with Crippen LogP contribution in [0.25, 0.3) is 22.2 Å². The van der Waals surface area contributed by atoms with Gasteiger partial charge in [0.25, 0.3) is 11.6 Å². The number of benzene rings is 2. The molecule has 0 unspecified atom stereocenters. The van der Waals surface area contributed by atoms with Crippen LogP contribution < -0.4 is 5.32 Å². The SMILES string of the molecule is CCc1nc2ccccc2c(C(=O)OCC(=O)Nc2nc(-c3ccc([N+](=O)[O-])cc3)cs2)c1C. The summed E-state index contributed by atoms with van der Waals surface area (Å²) in [4.78, 5) is 44.5. The summed E-state index contributed by atoms with van der Waals surface area (Å²) in [5.74, 6) is -1.11. The lowest BCUT2D eigenvalue weighted by Crippen LogP contribution is -2.21. The third-order valence-electron chi connectivity index (χ3n) is 5.23. The molecule has 0 aliphatic rings. The van der Waals surface area contributed by atoms with E-state index in [1.54, 1.807) is 23.6 Å². The number of nitro groups is 1. The van der Waals surface area contributed by atoms with Crippen molar-refractivity contribution in [3.63, 3.8) is 0 Å². The number of para-hydroxylation sites is 1. The van der Waals surface area contributed by atoms with Crippen molar-refractivity contribution in [2.75, 3.05) is 11.9 Å². The second-order valence-electron chi connectivity index (χ2n) is 7.40. The van der Waals surface area contributed by atoms with Crippen LogP contribution >= 0.6 is 11.3 Å². The molecular formula is C24H20N4O5S. The molecule has 4 rings (SSSR count). The fourth-order valence-corrected chi connectivity index (χ4v) is 4.28. The van der Waals surface area contributed by atoms with Crippen LogP contribution in [-0.4, -0.2) is 33.4 Å². The number of nitrogens with one attached hydrogen (secondary N) is 1. The van der Waals surface area contributed by atoms with E-state index in [2.05, 4.69) is 15.3 Å². The van der Waals surface area contributed by atoms with Crippen LogP contribution in [0.15, 0.2) is 53.9 Å². The third-order valence-corrected chi connectivity index (χ3v) is 5.99. The van der Waals surface area contributed by atoms with E-state index in [-0.39, 0.29) is 5.69 Å². The summed E-state index contributed by atoms with van der Waals surface area (Å²) >= 11 is 1.20. The number of anilines is 1. The van der Waals surface area contributed by atoms with Gasteiger partial charge < -0.3 is 4.74 Å². The molecule has 2 aromatic heterocycles.